The summed E-state index contributed by atoms with van der Waals surface area (Å²) in [6.45, 7) is 1.35. The van der Waals surface area contributed by atoms with E-state index < -0.39 is 17.9 Å². The number of carbonyl (C=O) groups excluding carboxylic acids is 2. The van der Waals surface area contributed by atoms with Crippen molar-refractivity contribution >= 4 is 18.0 Å². The summed E-state index contributed by atoms with van der Waals surface area (Å²) in [7, 11) is 0. The molecule has 0 spiro atoms. The van der Waals surface area contributed by atoms with Crippen LogP contribution in [0.2, 0.25) is 0 Å². The van der Waals surface area contributed by atoms with Crippen molar-refractivity contribution in [3.63, 3.8) is 0 Å². The van der Waals surface area contributed by atoms with Crippen LogP contribution in [0.5, 0.6) is 0 Å². The largest absolute Gasteiger partial charge is 0.548 e. The van der Waals surface area contributed by atoms with Gasteiger partial charge in [0.2, 0.25) is 5.91 Å². The number of nitrogens with one attached hydrogen (secondary N) is 1. The lowest BCUT2D eigenvalue weighted by Gasteiger charge is -2.12. The minimum Gasteiger partial charge on any atom is -0.548 e. The Hall–Kier alpha value is -2.10. The first-order valence-corrected chi connectivity index (χ1v) is 4.84. The maximum absolute atomic E-state index is 11.2. The van der Waals surface area contributed by atoms with E-state index in [0.717, 1.165) is 5.56 Å². The number of aliphatic carboxylic acids is 1. The Labute approximate surface area is 93.6 Å². The van der Waals surface area contributed by atoms with Gasteiger partial charge in [-0.15, -0.1) is 0 Å². The first-order valence-electron chi connectivity index (χ1n) is 4.84. The summed E-state index contributed by atoms with van der Waals surface area (Å²) in [5, 5.41) is 12.6. The monoisotopic (exact) mass is 218 g/mol. The van der Waals surface area contributed by atoms with E-state index in [1.807, 2.05) is 30.3 Å². The fraction of sp³-hybridized carbons (Fsp3) is 0.167. The molecular weight excluding hydrogens is 206 g/mol. The van der Waals surface area contributed by atoms with Crippen molar-refractivity contribution in [3.05, 3.63) is 42.0 Å². The van der Waals surface area contributed by atoms with E-state index in [2.05, 4.69) is 5.32 Å². The van der Waals surface area contributed by atoms with E-state index in [1.54, 1.807) is 6.08 Å². The van der Waals surface area contributed by atoms with Gasteiger partial charge in [0.15, 0.2) is 0 Å². The van der Waals surface area contributed by atoms with Gasteiger partial charge >= 0.3 is 0 Å². The van der Waals surface area contributed by atoms with Crippen LogP contribution in [-0.4, -0.2) is 17.9 Å². The number of hydrogen-bond acceptors (Lipinski definition) is 3. The van der Waals surface area contributed by atoms with E-state index in [-0.39, 0.29) is 0 Å². The number of amides is 1. The number of rotatable bonds is 4. The predicted molar refractivity (Wildman–Crippen MR) is 58.1 cm³/mol. The highest BCUT2D eigenvalue weighted by Crippen LogP contribution is 2.00. The Morgan fingerprint density at radius 3 is 2.50 bits per heavy atom. The molecule has 16 heavy (non-hydrogen) atoms. The smallest absolute Gasteiger partial charge is 0.244 e. The van der Waals surface area contributed by atoms with E-state index in [9.17, 15) is 14.7 Å². The first kappa shape index (κ1) is 12.0. The number of hydrogen-bond donors (Lipinski definition) is 1. The van der Waals surface area contributed by atoms with Gasteiger partial charge in [-0.05, 0) is 18.6 Å². The van der Waals surface area contributed by atoms with Crippen molar-refractivity contribution < 1.29 is 14.7 Å². The number of carbonyl (C=O) groups is 2. The summed E-state index contributed by atoms with van der Waals surface area (Å²) in [6.07, 6.45) is 2.89. The zero-order valence-electron chi connectivity index (χ0n) is 8.84. The highest BCUT2D eigenvalue weighted by molar-refractivity contribution is 5.93. The molecule has 0 fully saturated rings. The molecule has 4 nitrogen and oxygen atoms in total. The van der Waals surface area contributed by atoms with Gasteiger partial charge in [0, 0.05) is 6.08 Å². The summed E-state index contributed by atoms with van der Waals surface area (Å²) in [4.78, 5) is 21.6. The van der Waals surface area contributed by atoms with Gasteiger partial charge in [-0.1, -0.05) is 30.3 Å². The molecule has 0 aromatic heterocycles. The van der Waals surface area contributed by atoms with E-state index in [1.165, 1.54) is 13.0 Å². The van der Waals surface area contributed by atoms with E-state index >= 15 is 0 Å². The van der Waals surface area contributed by atoms with Gasteiger partial charge in [0.1, 0.15) is 0 Å². The number of benzene rings is 1. The second kappa shape index (κ2) is 5.70. The maximum Gasteiger partial charge on any atom is 0.244 e. The van der Waals surface area contributed by atoms with Crippen LogP contribution in [0.25, 0.3) is 6.08 Å². The van der Waals surface area contributed by atoms with Crippen LogP contribution < -0.4 is 10.4 Å². The van der Waals surface area contributed by atoms with Crippen LogP contribution in [-0.2, 0) is 9.59 Å². The fourth-order valence-electron chi connectivity index (χ4n) is 1.06. The molecule has 0 aliphatic heterocycles. The summed E-state index contributed by atoms with van der Waals surface area (Å²) in [5.74, 6) is -1.76. The number of carboxylic acid groups (broad SMARTS) is 1. The minimum atomic E-state index is -1.30. The number of carboxylic acids is 1. The van der Waals surface area contributed by atoms with Crippen LogP contribution in [0.3, 0.4) is 0 Å². The first-order chi connectivity index (χ1) is 7.59. The zero-order chi connectivity index (χ0) is 12.0. The second-order valence-electron chi connectivity index (χ2n) is 3.29. The summed E-state index contributed by atoms with van der Waals surface area (Å²) >= 11 is 0. The molecule has 1 amide bonds. The quantitative estimate of drug-likeness (QED) is 0.720. The van der Waals surface area contributed by atoms with Gasteiger partial charge in [0.05, 0.1) is 12.0 Å². The molecule has 1 aromatic carbocycles. The third kappa shape index (κ3) is 3.96. The van der Waals surface area contributed by atoms with Crippen molar-refractivity contribution in [2.45, 2.75) is 13.0 Å². The molecule has 1 N–H and O–H groups in total. The average molecular weight is 218 g/mol. The Balaban J connectivity index is 2.52. The predicted octanol–water partition coefficient (Wildman–Crippen LogP) is -0.0456. The molecule has 0 heterocycles. The standard InChI is InChI=1S/C12H13NO3/c1-9(12(15)16)13-11(14)8-7-10-5-3-2-4-6-10/h2-9H,1H3,(H,13,14)(H,15,16)/p-1/b8-7+/t9-/m0/s1. The average Bonchev–Trinajstić information content (AvgIpc) is 2.27. The highest BCUT2D eigenvalue weighted by Gasteiger charge is 2.04. The van der Waals surface area contributed by atoms with Crippen molar-refractivity contribution in [1.29, 1.82) is 0 Å². The van der Waals surface area contributed by atoms with Gasteiger partial charge in [-0.3, -0.25) is 4.79 Å². The maximum atomic E-state index is 11.2. The van der Waals surface area contributed by atoms with Crippen molar-refractivity contribution in [1.82, 2.24) is 5.32 Å². The highest BCUT2D eigenvalue weighted by atomic mass is 16.4. The Bertz CT molecular complexity index is 398. The van der Waals surface area contributed by atoms with Crippen molar-refractivity contribution in [2.24, 2.45) is 0 Å². The molecule has 0 saturated heterocycles. The second-order valence-corrected chi connectivity index (χ2v) is 3.29. The molecule has 0 radical (unpaired) electrons. The molecule has 1 atom stereocenters. The van der Waals surface area contributed by atoms with E-state index in [0.29, 0.717) is 0 Å². The summed E-state index contributed by atoms with van der Waals surface area (Å²) < 4.78 is 0. The normalized spacial score (nSPS) is 12.3. The van der Waals surface area contributed by atoms with Crippen LogP contribution in [0.4, 0.5) is 0 Å². The van der Waals surface area contributed by atoms with Crippen LogP contribution in [0.1, 0.15) is 12.5 Å². The lowest BCUT2D eigenvalue weighted by atomic mass is 10.2. The molecule has 0 bridgehead atoms. The van der Waals surface area contributed by atoms with Gasteiger partial charge < -0.3 is 15.2 Å². The Morgan fingerprint density at radius 2 is 1.94 bits per heavy atom. The zero-order valence-corrected chi connectivity index (χ0v) is 8.84. The Morgan fingerprint density at radius 1 is 1.31 bits per heavy atom. The lowest BCUT2D eigenvalue weighted by Crippen LogP contribution is -2.45. The SMILES string of the molecule is C[C@H](NC(=O)/C=C/c1ccccc1)C(=O)[O-]. The third-order valence-corrected chi connectivity index (χ3v) is 1.94. The molecule has 4 heteroatoms. The lowest BCUT2D eigenvalue weighted by molar-refractivity contribution is -0.307. The minimum absolute atomic E-state index is 0.458. The van der Waals surface area contributed by atoms with Gasteiger partial charge in [-0.25, -0.2) is 0 Å². The summed E-state index contributed by atoms with van der Waals surface area (Å²) in [5.41, 5.74) is 0.874. The van der Waals surface area contributed by atoms with Gasteiger partial charge in [0.25, 0.3) is 0 Å². The van der Waals surface area contributed by atoms with Crippen LogP contribution >= 0.6 is 0 Å². The fourth-order valence-corrected chi connectivity index (χ4v) is 1.06. The van der Waals surface area contributed by atoms with Gasteiger partial charge in [-0.2, -0.15) is 0 Å². The Kier molecular flexibility index (Phi) is 4.27. The van der Waals surface area contributed by atoms with Crippen molar-refractivity contribution in [3.8, 4) is 0 Å². The topological polar surface area (TPSA) is 69.2 Å². The molecular formula is C12H12NO3-. The van der Waals surface area contributed by atoms with Crippen LogP contribution in [0, 0.1) is 0 Å². The van der Waals surface area contributed by atoms with Crippen molar-refractivity contribution in [2.75, 3.05) is 0 Å². The molecule has 0 aliphatic rings. The van der Waals surface area contributed by atoms with Crippen LogP contribution in [0.15, 0.2) is 36.4 Å². The molecule has 1 rings (SSSR count). The molecule has 0 saturated carbocycles. The molecule has 0 unspecified atom stereocenters. The molecule has 1 aromatic rings. The molecule has 84 valence electrons. The van der Waals surface area contributed by atoms with E-state index in [4.69, 9.17) is 0 Å². The summed E-state index contributed by atoms with van der Waals surface area (Å²) in [6, 6.07) is 8.25. The molecule has 0 aliphatic carbocycles. The third-order valence-electron chi connectivity index (χ3n) is 1.94.